The molecule has 2 aromatic rings. The normalized spacial score (nSPS) is 10.7. The summed E-state index contributed by atoms with van der Waals surface area (Å²) in [5.41, 5.74) is 6.03. The smallest absolute Gasteiger partial charge is 0.273 e. The topological polar surface area (TPSA) is 110 Å². The maximum absolute atomic E-state index is 12.1. The van der Waals surface area contributed by atoms with Gasteiger partial charge in [0.25, 0.3) is 11.8 Å². The number of carbonyl (C=O) groups excluding carboxylic acids is 2. The Bertz CT molecular complexity index is 690. The van der Waals surface area contributed by atoms with Crippen molar-refractivity contribution in [3.8, 4) is 0 Å². The van der Waals surface area contributed by atoms with Crippen LogP contribution in [0.5, 0.6) is 0 Å². The maximum Gasteiger partial charge on any atom is 0.273 e. The highest BCUT2D eigenvalue weighted by atomic mass is 32.1. The predicted octanol–water partition coefficient (Wildman–Crippen LogP) is 1.69. The number of aromatic nitrogens is 1. The van der Waals surface area contributed by atoms with E-state index in [2.05, 4.69) is 15.0 Å². The van der Waals surface area contributed by atoms with Crippen LogP contribution in [-0.4, -0.2) is 22.2 Å². The van der Waals surface area contributed by atoms with E-state index in [0.29, 0.717) is 5.76 Å². The molecule has 0 spiro atoms. The Labute approximate surface area is 132 Å². The summed E-state index contributed by atoms with van der Waals surface area (Å²) >= 11 is 0.902. The summed E-state index contributed by atoms with van der Waals surface area (Å²) in [5, 5.41) is 5.38. The van der Waals surface area contributed by atoms with Crippen LogP contribution in [0.1, 0.15) is 45.5 Å². The van der Waals surface area contributed by atoms with Crippen LogP contribution < -0.4 is 16.4 Å². The fourth-order valence-electron chi connectivity index (χ4n) is 1.78. The number of carbonyl (C=O) groups is 2. The third-order valence-electron chi connectivity index (χ3n) is 2.79. The average Bonchev–Trinajstić information content (AvgIpc) is 3.01. The molecule has 118 valence electrons. The van der Waals surface area contributed by atoms with Gasteiger partial charge in [0.1, 0.15) is 16.4 Å². The van der Waals surface area contributed by atoms with Crippen molar-refractivity contribution < 1.29 is 14.0 Å². The largest absolute Gasteiger partial charge is 0.465 e. The highest BCUT2D eigenvalue weighted by Gasteiger charge is 2.22. The van der Waals surface area contributed by atoms with E-state index >= 15 is 0 Å². The molecule has 22 heavy (non-hydrogen) atoms. The van der Waals surface area contributed by atoms with Crippen molar-refractivity contribution in [2.24, 2.45) is 0 Å². The molecular formula is C14H18N4O3S. The Hall–Kier alpha value is -2.35. The molecule has 0 saturated heterocycles. The molecular weight excluding hydrogens is 304 g/mol. The van der Waals surface area contributed by atoms with E-state index < -0.39 is 0 Å². The lowest BCUT2D eigenvalue weighted by Gasteiger charge is -2.06. The fourth-order valence-corrected chi connectivity index (χ4v) is 2.50. The first-order chi connectivity index (χ1) is 10.4. The monoisotopic (exact) mass is 322 g/mol. The summed E-state index contributed by atoms with van der Waals surface area (Å²) < 4.78 is 9.33. The molecule has 0 radical (unpaired) electrons. The van der Waals surface area contributed by atoms with Crippen LogP contribution in [0, 0.1) is 6.92 Å². The van der Waals surface area contributed by atoms with E-state index in [1.54, 1.807) is 6.07 Å². The van der Waals surface area contributed by atoms with Gasteiger partial charge < -0.3 is 20.8 Å². The lowest BCUT2D eigenvalue weighted by molar-refractivity contribution is 0.0939. The quantitative estimate of drug-likeness (QED) is 0.776. The number of rotatable bonds is 5. The van der Waals surface area contributed by atoms with Crippen molar-refractivity contribution in [2.75, 3.05) is 5.73 Å². The van der Waals surface area contributed by atoms with Crippen molar-refractivity contribution in [1.82, 2.24) is 15.0 Å². The third kappa shape index (κ3) is 3.64. The fraction of sp³-hybridized carbons (Fsp3) is 0.357. The van der Waals surface area contributed by atoms with Crippen LogP contribution in [0.25, 0.3) is 0 Å². The molecule has 2 amide bonds. The van der Waals surface area contributed by atoms with Crippen molar-refractivity contribution in [2.45, 2.75) is 33.4 Å². The Morgan fingerprint density at radius 2 is 2.09 bits per heavy atom. The second kappa shape index (κ2) is 6.61. The minimum Gasteiger partial charge on any atom is -0.465 e. The van der Waals surface area contributed by atoms with Crippen LogP contribution in [0.15, 0.2) is 16.5 Å². The number of hydrogen-bond donors (Lipinski definition) is 3. The zero-order chi connectivity index (χ0) is 16.3. The third-order valence-corrected chi connectivity index (χ3v) is 3.65. The van der Waals surface area contributed by atoms with Crippen molar-refractivity contribution in [3.05, 3.63) is 34.2 Å². The van der Waals surface area contributed by atoms with Crippen LogP contribution in [0.4, 0.5) is 5.69 Å². The number of amides is 2. The molecule has 2 rings (SSSR count). The molecule has 0 saturated carbocycles. The molecule has 8 heteroatoms. The standard InChI is InChI=1S/C14H18N4O3S/c1-7(2)17-13(19)11-10(15)12(22-18-11)14(20)16-6-9-5-4-8(3)21-9/h4-5,7H,6,15H2,1-3H3,(H,16,20)(H,17,19). The van der Waals surface area contributed by atoms with Gasteiger partial charge in [-0.3, -0.25) is 9.59 Å². The summed E-state index contributed by atoms with van der Waals surface area (Å²) in [4.78, 5) is 24.2. The van der Waals surface area contributed by atoms with Crippen LogP contribution in [0.3, 0.4) is 0 Å². The van der Waals surface area contributed by atoms with Crippen LogP contribution >= 0.6 is 11.5 Å². The summed E-state index contributed by atoms with van der Waals surface area (Å²) in [5.74, 6) is 0.651. The highest BCUT2D eigenvalue weighted by molar-refractivity contribution is 7.09. The van der Waals surface area contributed by atoms with E-state index in [0.717, 1.165) is 17.3 Å². The second-order valence-electron chi connectivity index (χ2n) is 5.10. The van der Waals surface area contributed by atoms with Gasteiger partial charge >= 0.3 is 0 Å². The summed E-state index contributed by atoms with van der Waals surface area (Å²) in [6.45, 7) is 5.74. The molecule has 0 fully saturated rings. The van der Waals surface area contributed by atoms with E-state index in [-0.39, 0.29) is 40.7 Å². The first-order valence-corrected chi connectivity index (χ1v) is 7.55. The van der Waals surface area contributed by atoms with Gasteiger partial charge in [-0.2, -0.15) is 4.37 Å². The van der Waals surface area contributed by atoms with Crippen molar-refractivity contribution in [3.63, 3.8) is 0 Å². The van der Waals surface area contributed by atoms with E-state index in [9.17, 15) is 9.59 Å². The van der Waals surface area contributed by atoms with Crippen LogP contribution in [-0.2, 0) is 6.54 Å². The van der Waals surface area contributed by atoms with Gasteiger partial charge in [-0.25, -0.2) is 0 Å². The molecule has 0 unspecified atom stereocenters. The Balaban J connectivity index is 2.04. The van der Waals surface area contributed by atoms with Crippen LogP contribution in [0.2, 0.25) is 0 Å². The minimum absolute atomic E-state index is 0.0342. The van der Waals surface area contributed by atoms with Gasteiger partial charge in [-0.15, -0.1) is 0 Å². The molecule has 0 aliphatic carbocycles. The predicted molar refractivity (Wildman–Crippen MR) is 83.7 cm³/mol. The first-order valence-electron chi connectivity index (χ1n) is 6.78. The summed E-state index contributed by atoms with van der Waals surface area (Å²) in [7, 11) is 0. The van der Waals surface area contributed by atoms with Gasteiger partial charge in [0.05, 0.1) is 12.2 Å². The SMILES string of the molecule is Cc1ccc(CNC(=O)c2snc(C(=O)NC(C)C)c2N)o1. The number of hydrogen-bond acceptors (Lipinski definition) is 6. The molecule has 7 nitrogen and oxygen atoms in total. The Morgan fingerprint density at radius 1 is 1.36 bits per heavy atom. The van der Waals surface area contributed by atoms with Gasteiger partial charge in [0.15, 0.2) is 5.69 Å². The van der Waals surface area contributed by atoms with Crippen molar-refractivity contribution in [1.29, 1.82) is 0 Å². The number of nitrogens with two attached hydrogens (primary N) is 1. The minimum atomic E-state index is -0.385. The number of anilines is 1. The molecule has 0 aliphatic heterocycles. The molecule has 0 aliphatic rings. The van der Waals surface area contributed by atoms with Crippen molar-refractivity contribution >= 4 is 29.0 Å². The molecule has 2 aromatic heterocycles. The van der Waals surface area contributed by atoms with Gasteiger partial charge in [-0.1, -0.05) is 0 Å². The second-order valence-corrected chi connectivity index (χ2v) is 5.87. The number of nitrogens with zero attached hydrogens (tertiary/aromatic N) is 1. The number of nitrogens with one attached hydrogen (secondary N) is 2. The zero-order valence-electron chi connectivity index (χ0n) is 12.6. The summed E-state index contributed by atoms with van der Waals surface area (Å²) in [6.07, 6.45) is 0. The number of furan rings is 1. The molecule has 0 atom stereocenters. The Kier molecular flexibility index (Phi) is 4.81. The molecule has 0 bridgehead atoms. The number of nitrogen functional groups attached to an aromatic ring is 1. The Morgan fingerprint density at radius 3 is 2.68 bits per heavy atom. The highest BCUT2D eigenvalue weighted by Crippen LogP contribution is 2.21. The number of aryl methyl sites for hydroxylation is 1. The lowest BCUT2D eigenvalue weighted by Crippen LogP contribution is -2.31. The van der Waals surface area contributed by atoms with E-state index in [4.69, 9.17) is 10.2 Å². The average molecular weight is 322 g/mol. The van der Waals surface area contributed by atoms with E-state index in [1.807, 2.05) is 26.8 Å². The first kappa shape index (κ1) is 16.0. The molecule has 0 aromatic carbocycles. The zero-order valence-corrected chi connectivity index (χ0v) is 13.4. The lowest BCUT2D eigenvalue weighted by atomic mass is 10.2. The molecule has 4 N–H and O–H groups in total. The van der Waals surface area contributed by atoms with Gasteiger partial charge in [0, 0.05) is 6.04 Å². The van der Waals surface area contributed by atoms with Gasteiger partial charge in [-0.05, 0) is 44.4 Å². The van der Waals surface area contributed by atoms with E-state index in [1.165, 1.54) is 0 Å². The summed E-state index contributed by atoms with van der Waals surface area (Å²) in [6, 6.07) is 3.57. The molecule has 2 heterocycles. The van der Waals surface area contributed by atoms with Gasteiger partial charge in [0.2, 0.25) is 0 Å². The maximum atomic E-state index is 12.1.